The number of carbonyl (C=O) groups is 1. The lowest BCUT2D eigenvalue weighted by Gasteiger charge is -2.46. The number of methoxy groups -OCH3 is 1. The van der Waals surface area contributed by atoms with Crippen molar-refractivity contribution in [3.05, 3.63) is 77.9 Å². The fraction of sp³-hybridized carbons (Fsp3) is 0.360. The first-order valence-electron chi connectivity index (χ1n) is 10.9. The lowest BCUT2D eigenvalue weighted by Crippen LogP contribution is -2.53. The van der Waals surface area contributed by atoms with Crippen LogP contribution in [0.4, 0.5) is 0 Å². The van der Waals surface area contributed by atoms with E-state index in [0.717, 1.165) is 49.6 Å². The normalized spacial score (nSPS) is 17.7. The van der Waals surface area contributed by atoms with Crippen molar-refractivity contribution in [1.29, 1.82) is 0 Å². The molecule has 1 amide bonds. The number of hydrogen-bond donors (Lipinski definition) is 0. The Balaban J connectivity index is 1.38. The van der Waals surface area contributed by atoms with E-state index in [4.69, 9.17) is 9.72 Å². The van der Waals surface area contributed by atoms with Gasteiger partial charge in [-0.25, -0.2) is 4.98 Å². The summed E-state index contributed by atoms with van der Waals surface area (Å²) in [5, 5.41) is 0. The molecule has 0 saturated carbocycles. The third-order valence-electron chi connectivity index (χ3n) is 6.92. The Morgan fingerprint density at radius 1 is 1.10 bits per heavy atom. The van der Waals surface area contributed by atoms with E-state index in [0.29, 0.717) is 6.42 Å². The lowest BCUT2D eigenvalue weighted by molar-refractivity contribution is -0.133. The molecule has 1 aromatic heterocycles. The van der Waals surface area contributed by atoms with Crippen molar-refractivity contribution in [2.45, 2.75) is 31.3 Å². The number of benzene rings is 2. The Hall–Kier alpha value is -3.12. The van der Waals surface area contributed by atoms with Gasteiger partial charge in [0.25, 0.3) is 0 Å². The van der Waals surface area contributed by atoms with E-state index in [-0.39, 0.29) is 11.4 Å². The molecule has 6 nitrogen and oxygen atoms in total. The molecule has 0 N–H and O–H groups in total. The summed E-state index contributed by atoms with van der Waals surface area (Å²) in [5.41, 5.74) is 3.26. The number of imidazole rings is 1. The molecule has 0 unspecified atom stereocenters. The first-order chi connectivity index (χ1) is 15.1. The van der Waals surface area contributed by atoms with Gasteiger partial charge in [0.05, 0.1) is 24.8 Å². The molecule has 1 fully saturated rings. The number of amides is 1. The van der Waals surface area contributed by atoms with Crippen LogP contribution in [0.25, 0.3) is 5.69 Å². The van der Waals surface area contributed by atoms with Crippen LogP contribution >= 0.6 is 0 Å². The van der Waals surface area contributed by atoms with Crippen LogP contribution in [0.1, 0.15) is 29.8 Å². The lowest BCUT2D eigenvalue weighted by atomic mass is 9.84. The van der Waals surface area contributed by atoms with Crippen molar-refractivity contribution >= 4 is 5.91 Å². The highest BCUT2D eigenvalue weighted by Gasteiger charge is 2.45. The van der Waals surface area contributed by atoms with E-state index in [1.165, 1.54) is 11.3 Å². The SMILES string of the molecule is COc1ccccc1CC(=O)N1CCC2(CC1)c1nccn1-c1ccccc1CN2C. The summed E-state index contributed by atoms with van der Waals surface area (Å²) < 4.78 is 7.67. The Labute approximate surface area is 183 Å². The average Bonchev–Trinajstić information content (AvgIpc) is 3.27. The number of fused-ring (bicyclic) bond motifs is 4. The average molecular weight is 417 g/mol. The third-order valence-corrected chi connectivity index (χ3v) is 6.92. The highest BCUT2D eigenvalue weighted by molar-refractivity contribution is 5.79. The fourth-order valence-electron chi connectivity index (χ4n) is 5.15. The van der Waals surface area contributed by atoms with Crippen molar-refractivity contribution in [3.8, 4) is 11.4 Å². The molecule has 5 rings (SSSR count). The zero-order valence-corrected chi connectivity index (χ0v) is 18.1. The number of piperidine rings is 1. The molecule has 0 atom stereocenters. The van der Waals surface area contributed by atoms with Gasteiger partial charge in [-0.1, -0.05) is 36.4 Å². The van der Waals surface area contributed by atoms with Gasteiger partial charge in [0, 0.05) is 37.6 Å². The molecule has 0 aliphatic carbocycles. The first-order valence-corrected chi connectivity index (χ1v) is 10.9. The second-order valence-electron chi connectivity index (χ2n) is 8.51. The van der Waals surface area contributed by atoms with Gasteiger partial charge in [0.15, 0.2) is 0 Å². The highest BCUT2D eigenvalue weighted by Crippen LogP contribution is 2.42. The molecule has 0 bridgehead atoms. The van der Waals surface area contributed by atoms with E-state index in [1.54, 1.807) is 7.11 Å². The first kappa shape index (κ1) is 19.8. The summed E-state index contributed by atoms with van der Waals surface area (Å²) in [6, 6.07) is 16.3. The van der Waals surface area contributed by atoms with E-state index in [1.807, 2.05) is 35.4 Å². The molecule has 1 saturated heterocycles. The van der Waals surface area contributed by atoms with Crippen LogP contribution in [-0.2, 0) is 23.3 Å². The molecule has 2 aliphatic rings. The zero-order valence-electron chi connectivity index (χ0n) is 18.1. The third kappa shape index (κ3) is 3.31. The number of para-hydroxylation sites is 2. The van der Waals surface area contributed by atoms with Crippen LogP contribution < -0.4 is 4.74 Å². The summed E-state index contributed by atoms with van der Waals surface area (Å²) in [4.78, 5) is 22.3. The molecular weight excluding hydrogens is 388 g/mol. The van der Waals surface area contributed by atoms with Crippen LogP contribution in [-0.4, -0.2) is 52.5 Å². The predicted octanol–water partition coefficient (Wildman–Crippen LogP) is 3.39. The molecule has 3 heterocycles. The van der Waals surface area contributed by atoms with Gasteiger partial charge in [0.2, 0.25) is 5.91 Å². The minimum absolute atomic E-state index is 0.155. The van der Waals surface area contributed by atoms with Crippen LogP contribution in [0.2, 0.25) is 0 Å². The number of rotatable bonds is 3. The summed E-state index contributed by atoms with van der Waals surface area (Å²) in [6.45, 7) is 2.32. The van der Waals surface area contributed by atoms with Crippen LogP contribution in [0.15, 0.2) is 60.9 Å². The Morgan fingerprint density at radius 2 is 1.84 bits per heavy atom. The Morgan fingerprint density at radius 3 is 2.65 bits per heavy atom. The smallest absolute Gasteiger partial charge is 0.227 e. The van der Waals surface area contributed by atoms with Crippen molar-refractivity contribution < 1.29 is 9.53 Å². The minimum atomic E-state index is -0.177. The number of aromatic nitrogens is 2. The molecule has 0 radical (unpaired) electrons. The van der Waals surface area contributed by atoms with E-state index in [2.05, 4.69) is 47.0 Å². The molecule has 2 aromatic carbocycles. The van der Waals surface area contributed by atoms with Crippen LogP contribution in [0.3, 0.4) is 0 Å². The standard InChI is InChI=1S/C25H28N4O2/c1-27-18-20-8-3-5-9-21(20)29-16-13-26-24(29)25(27)11-14-28(15-12-25)23(30)17-19-7-4-6-10-22(19)31-2/h3-10,13,16H,11-12,14-15,17-18H2,1-2H3. The van der Waals surface area contributed by atoms with Crippen LogP contribution in [0.5, 0.6) is 5.75 Å². The summed E-state index contributed by atoms with van der Waals surface area (Å²) in [5.74, 6) is 2.01. The molecule has 6 heteroatoms. The second kappa shape index (κ2) is 7.85. The van der Waals surface area contributed by atoms with Crippen molar-refractivity contribution in [1.82, 2.24) is 19.4 Å². The molecule has 3 aromatic rings. The van der Waals surface area contributed by atoms with Crippen molar-refractivity contribution in [2.24, 2.45) is 0 Å². The van der Waals surface area contributed by atoms with Gasteiger partial charge < -0.3 is 14.2 Å². The summed E-state index contributed by atoms with van der Waals surface area (Å²) >= 11 is 0. The van der Waals surface area contributed by atoms with Crippen molar-refractivity contribution in [3.63, 3.8) is 0 Å². The molecular formula is C25H28N4O2. The maximum Gasteiger partial charge on any atom is 0.227 e. The molecule has 1 spiro atoms. The Bertz CT molecular complexity index is 1100. The van der Waals surface area contributed by atoms with Gasteiger partial charge in [-0.05, 0) is 37.6 Å². The van der Waals surface area contributed by atoms with Crippen molar-refractivity contribution in [2.75, 3.05) is 27.2 Å². The number of likely N-dealkylation sites (tertiary alicyclic amines) is 1. The van der Waals surface area contributed by atoms with Gasteiger partial charge in [0.1, 0.15) is 11.6 Å². The largest absolute Gasteiger partial charge is 0.496 e. The van der Waals surface area contributed by atoms with Gasteiger partial charge in [-0.3, -0.25) is 9.69 Å². The second-order valence-corrected chi connectivity index (χ2v) is 8.51. The highest BCUT2D eigenvalue weighted by atomic mass is 16.5. The van der Waals surface area contributed by atoms with Gasteiger partial charge >= 0.3 is 0 Å². The van der Waals surface area contributed by atoms with Gasteiger partial charge in [-0.15, -0.1) is 0 Å². The fourth-order valence-corrected chi connectivity index (χ4v) is 5.15. The molecule has 2 aliphatic heterocycles. The number of hydrogen-bond acceptors (Lipinski definition) is 4. The predicted molar refractivity (Wildman–Crippen MR) is 119 cm³/mol. The maximum atomic E-state index is 13.1. The number of carbonyl (C=O) groups excluding carboxylic acids is 1. The van der Waals surface area contributed by atoms with E-state index < -0.39 is 0 Å². The topological polar surface area (TPSA) is 50.6 Å². The number of nitrogens with zero attached hydrogens (tertiary/aromatic N) is 4. The Kier molecular flexibility index (Phi) is 5.02. The minimum Gasteiger partial charge on any atom is -0.496 e. The summed E-state index contributed by atoms with van der Waals surface area (Å²) in [6.07, 6.45) is 6.06. The van der Waals surface area contributed by atoms with Crippen LogP contribution in [0, 0.1) is 0 Å². The monoisotopic (exact) mass is 416 g/mol. The molecule has 160 valence electrons. The quantitative estimate of drug-likeness (QED) is 0.657. The van der Waals surface area contributed by atoms with E-state index >= 15 is 0 Å². The maximum absolute atomic E-state index is 13.1. The van der Waals surface area contributed by atoms with E-state index in [9.17, 15) is 4.79 Å². The summed E-state index contributed by atoms with van der Waals surface area (Å²) in [7, 11) is 3.84. The number of ether oxygens (including phenoxy) is 1. The molecule has 31 heavy (non-hydrogen) atoms. The zero-order chi connectivity index (χ0) is 21.4. The van der Waals surface area contributed by atoms with Gasteiger partial charge in [-0.2, -0.15) is 0 Å².